The molecule has 4 aromatic rings. The molecular weight excluding hydrogens is 612 g/mol. The van der Waals surface area contributed by atoms with Gasteiger partial charge in [0.25, 0.3) is 10.0 Å². The predicted molar refractivity (Wildman–Crippen MR) is 167 cm³/mol. The van der Waals surface area contributed by atoms with Gasteiger partial charge in [-0.3, -0.25) is 13.9 Å². The van der Waals surface area contributed by atoms with Gasteiger partial charge in [-0.25, -0.2) is 12.8 Å². The second kappa shape index (κ2) is 14.5. The van der Waals surface area contributed by atoms with Crippen molar-refractivity contribution < 1.29 is 22.4 Å². The third-order valence-corrected chi connectivity index (χ3v) is 8.98. The molecule has 1 unspecified atom stereocenters. The van der Waals surface area contributed by atoms with Crippen LogP contribution in [0.25, 0.3) is 0 Å². The maximum absolute atomic E-state index is 14.3. The lowest BCUT2D eigenvalue weighted by atomic mass is 10.0. The summed E-state index contributed by atoms with van der Waals surface area (Å²) in [6, 6.07) is 26.1. The summed E-state index contributed by atoms with van der Waals surface area (Å²) in [4.78, 5) is 29.0. The average molecular weight is 643 g/mol. The van der Waals surface area contributed by atoms with Crippen LogP contribution >= 0.6 is 23.2 Å². The number of rotatable bonds is 12. The molecule has 4 aromatic carbocycles. The molecule has 7 nitrogen and oxygen atoms in total. The van der Waals surface area contributed by atoms with Crippen molar-refractivity contribution in [3.05, 3.63) is 130 Å². The molecule has 0 aromatic heterocycles. The molecule has 11 heteroatoms. The van der Waals surface area contributed by atoms with Crippen molar-refractivity contribution in [1.29, 1.82) is 0 Å². The number of carbonyl (C=O) groups excluding carboxylic acids is 2. The molecule has 0 aliphatic carbocycles. The number of amides is 2. The Bertz CT molecular complexity index is 1670. The number of nitrogens with one attached hydrogen (secondary N) is 1. The number of benzene rings is 4. The predicted octanol–water partition coefficient (Wildman–Crippen LogP) is 6.10. The first-order chi connectivity index (χ1) is 20.6. The van der Waals surface area contributed by atoms with Crippen LogP contribution in [0.1, 0.15) is 18.1 Å². The smallest absolute Gasteiger partial charge is 0.264 e. The van der Waals surface area contributed by atoms with Gasteiger partial charge < -0.3 is 10.2 Å². The summed E-state index contributed by atoms with van der Waals surface area (Å²) in [7, 11) is -4.32. The summed E-state index contributed by atoms with van der Waals surface area (Å²) >= 11 is 12.3. The Labute approximate surface area is 260 Å². The zero-order chi connectivity index (χ0) is 31.0. The number of anilines is 1. The summed E-state index contributed by atoms with van der Waals surface area (Å²) < 4.78 is 42.8. The zero-order valence-corrected chi connectivity index (χ0v) is 25.6. The van der Waals surface area contributed by atoms with Gasteiger partial charge in [0, 0.05) is 24.5 Å². The lowest BCUT2D eigenvalue weighted by Crippen LogP contribution is -2.53. The van der Waals surface area contributed by atoms with Gasteiger partial charge in [-0.15, -0.1) is 0 Å². The van der Waals surface area contributed by atoms with Gasteiger partial charge >= 0.3 is 0 Å². The Morgan fingerprint density at radius 3 is 2.14 bits per heavy atom. The fourth-order valence-corrected chi connectivity index (χ4v) is 6.38. The van der Waals surface area contributed by atoms with Crippen LogP contribution in [0, 0.1) is 5.82 Å². The van der Waals surface area contributed by atoms with E-state index in [1.54, 1.807) is 49.4 Å². The van der Waals surface area contributed by atoms with Gasteiger partial charge in [0.2, 0.25) is 11.8 Å². The van der Waals surface area contributed by atoms with E-state index in [9.17, 15) is 22.4 Å². The normalized spacial score (nSPS) is 11.9. The van der Waals surface area contributed by atoms with Gasteiger partial charge in [-0.05, 0) is 60.5 Å². The van der Waals surface area contributed by atoms with Crippen LogP contribution in [0.2, 0.25) is 10.0 Å². The third-order valence-electron chi connectivity index (χ3n) is 6.67. The molecule has 0 radical (unpaired) electrons. The maximum atomic E-state index is 14.3. The molecule has 0 saturated carbocycles. The van der Waals surface area contributed by atoms with Gasteiger partial charge in [0.05, 0.1) is 15.6 Å². The zero-order valence-electron chi connectivity index (χ0n) is 23.3. The van der Waals surface area contributed by atoms with E-state index in [4.69, 9.17) is 23.2 Å². The first-order valence-corrected chi connectivity index (χ1v) is 15.7. The first kappa shape index (κ1) is 32.0. The maximum Gasteiger partial charge on any atom is 0.264 e. The quantitative estimate of drug-likeness (QED) is 0.202. The summed E-state index contributed by atoms with van der Waals surface area (Å²) in [5.41, 5.74) is 1.44. The van der Waals surface area contributed by atoms with Crippen molar-refractivity contribution in [3.8, 4) is 0 Å². The minimum Gasteiger partial charge on any atom is -0.355 e. The first-order valence-electron chi connectivity index (χ1n) is 13.5. The number of hydrogen-bond acceptors (Lipinski definition) is 4. The van der Waals surface area contributed by atoms with Crippen molar-refractivity contribution >= 4 is 50.7 Å². The molecule has 224 valence electrons. The van der Waals surface area contributed by atoms with Crippen LogP contribution in [-0.2, 0) is 32.6 Å². The van der Waals surface area contributed by atoms with Crippen LogP contribution in [0.3, 0.4) is 0 Å². The van der Waals surface area contributed by atoms with E-state index >= 15 is 0 Å². The summed E-state index contributed by atoms with van der Waals surface area (Å²) in [6.45, 7) is 1.38. The molecule has 0 aliphatic rings. The SMILES string of the molecule is CCNC(=O)C(Cc1ccccc1)N(Cc1cccc(Cl)c1)C(=O)CN(c1ccc(F)c(Cl)c1)S(=O)(=O)c1ccccc1. The number of hydrogen-bond donors (Lipinski definition) is 1. The van der Waals surface area contributed by atoms with Crippen LogP contribution in [0.5, 0.6) is 0 Å². The number of nitrogens with zero attached hydrogens (tertiary/aromatic N) is 2. The van der Waals surface area contributed by atoms with E-state index in [0.29, 0.717) is 17.1 Å². The largest absolute Gasteiger partial charge is 0.355 e. The van der Waals surface area contributed by atoms with Crippen molar-refractivity contribution in [2.24, 2.45) is 0 Å². The molecule has 43 heavy (non-hydrogen) atoms. The van der Waals surface area contributed by atoms with Crippen molar-refractivity contribution in [3.63, 3.8) is 0 Å². The highest BCUT2D eigenvalue weighted by molar-refractivity contribution is 7.92. The Balaban J connectivity index is 1.81. The van der Waals surface area contributed by atoms with Crippen LogP contribution in [0.4, 0.5) is 10.1 Å². The molecule has 1 atom stereocenters. The monoisotopic (exact) mass is 641 g/mol. The molecule has 0 aliphatic heterocycles. The average Bonchev–Trinajstić information content (AvgIpc) is 3.00. The molecule has 0 heterocycles. The third kappa shape index (κ3) is 8.13. The van der Waals surface area contributed by atoms with Crippen molar-refractivity contribution in [2.45, 2.75) is 30.8 Å². The van der Waals surface area contributed by atoms with Gasteiger partial charge in [-0.2, -0.15) is 0 Å². The Hall–Kier alpha value is -3.92. The second-order valence-electron chi connectivity index (χ2n) is 9.67. The molecule has 4 rings (SSSR count). The number of sulfonamides is 1. The van der Waals surface area contributed by atoms with Crippen molar-refractivity contribution in [2.75, 3.05) is 17.4 Å². The summed E-state index contributed by atoms with van der Waals surface area (Å²) in [6.07, 6.45) is 0.173. The van der Waals surface area contributed by atoms with Crippen LogP contribution in [0.15, 0.2) is 108 Å². The van der Waals surface area contributed by atoms with E-state index in [0.717, 1.165) is 22.0 Å². The van der Waals surface area contributed by atoms with Gasteiger partial charge in [0.15, 0.2) is 0 Å². The molecular formula is C32H30Cl2FN3O4S. The molecule has 2 amide bonds. The molecule has 1 N–H and O–H groups in total. The Kier molecular flexibility index (Phi) is 10.8. The summed E-state index contributed by atoms with van der Waals surface area (Å²) in [5.74, 6) is -1.80. The molecule has 0 fully saturated rings. The van der Waals surface area contributed by atoms with E-state index in [-0.39, 0.29) is 28.6 Å². The second-order valence-corrected chi connectivity index (χ2v) is 12.4. The molecule has 0 saturated heterocycles. The highest BCUT2D eigenvalue weighted by Gasteiger charge is 2.34. The molecule has 0 bridgehead atoms. The van der Waals surface area contributed by atoms with E-state index in [1.807, 2.05) is 30.3 Å². The highest BCUT2D eigenvalue weighted by atomic mass is 35.5. The van der Waals surface area contributed by atoms with Crippen molar-refractivity contribution in [1.82, 2.24) is 10.2 Å². The van der Waals surface area contributed by atoms with Gasteiger partial charge in [0.1, 0.15) is 18.4 Å². The summed E-state index contributed by atoms with van der Waals surface area (Å²) in [5, 5.41) is 2.94. The van der Waals surface area contributed by atoms with Crippen LogP contribution < -0.4 is 9.62 Å². The Morgan fingerprint density at radius 2 is 1.51 bits per heavy atom. The van der Waals surface area contributed by atoms with Crippen LogP contribution in [-0.4, -0.2) is 44.3 Å². The lowest BCUT2D eigenvalue weighted by Gasteiger charge is -2.34. The number of carbonyl (C=O) groups is 2. The molecule has 0 spiro atoms. The fraction of sp³-hybridized carbons (Fsp3) is 0.188. The number of likely N-dealkylation sites (N-methyl/N-ethyl adjacent to an activating group) is 1. The minimum atomic E-state index is -4.32. The highest BCUT2D eigenvalue weighted by Crippen LogP contribution is 2.28. The fourth-order valence-electron chi connectivity index (χ4n) is 4.57. The standard InChI is InChI=1S/C32H30Cl2FN3O4S/c1-2-36-32(40)30(19-23-10-5-3-6-11-23)37(21-24-12-9-13-25(33)18-24)31(39)22-38(26-16-17-29(35)28(34)20-26)43(41,42)27-14-7-4-8-15-27/h3-18,20,30H,2,19,21-22H2,1H3,(H,36,40). The Morgan fingerprint density at radius 1 is 0.860 bits per heavy atom. The minimum absolute atomic E-state index is 0.0103. The van der Waals surface area contributed by atoms with E-state index in [2.05, 4.69) is 5.32 Å². The number of halogens is 3. The topological polar surface area (TPSA) is 86.8 Å². The lowest BCUT2D eigenvalue weighted by molar-refractivity contribution is -0.140. The van der Waals surface area contributed by atoms with Gasteiger partial charge in [-0.1, -0.05) is 83.9 Å². The van der Waals surface area contributed by atoms with E-state index < -0.39 is 40.2 Å². The van der Waals surface area contributed by atoms with E-state index in [1.165, 1.54) is 23.1 Å².